The van der Waals surface area contributed by atoms with Crippen LogP contribution in [-0.2, 0) is 0 Å². The Bertz CT molecular complexity index is 360. The number of ketones is 1. The third-order valence-electron chi connectivity index (χ3n) is 3.13. The molecule has 0 aliphatic carbocycles. The number of rotatable bonds is 10. The van der Waals surface area contributed by atoms with E-state index in [0.717, 1.165) is 18.8 Å². The standard InChI is InChI=1S/C16H25NO2/c1-2-3-4-5-6-7-12-19-15-10-8-14(9-11-15)16(18)13-17/h8-11H,2-7,12-13,17H2,1H3. The Kier molecular flexibility index (Phi) is 7.91. The van der Waals surface area contributed by atoms with E-state index in [-0.39, 0.29) is 12.3 Å². The summed E-state index contributed by atoms with van der Waals surface area (Å²) in [6, 6.07) is 7.21. The highest BCUT2D eigenvalue weighted by Gasteiger charge is 2.02. The summed E-state index contributed by atoms with van der Waals surface area (Å²) in [5.74, 6) is 0.782. The average molecular weight is 263 g/mol. The topological polar surface area (TPSA) is 52.3 Å². The molecule has 19 heavy (non-hydrogen) atoms. The number of benzene rings is 1. The van der Waals surface area contributed by atoms with Gasteiger partial charge in [-0.15, -0.1) is 0 Å². The molecule has 1 aromatic carbocycles. The maximum absolute atomic E-state index is 11.3. The second-order valence-corrected chi connectivity index (χ2v) is 4.77. The first-order chi connectivity index (χ1) is 9.27. The minimum Gasteiger partial charge on any atom is -0.494 e. The molecule has 1 rings (SSSR count). The first kappa shape index (κ1) is 15.7. The average Bonchev–Trinajstić information content (AvgIpc) is 2.46. The van der Waals surface area contributed by atoms with Gasteiger partial charge in [-0.25, -0.2) is 0 Å². The molecule has 0 spiro atoms. The van der Waals surface area contributed by atoms with E-state index in [1.54, 1.807) is 12.1 Å². The predicted octanol–water partition coefficient (Wildman–Crippen LogP) is 3.57. The van der Waals surface area contributed by atoms with Crippen molar-refractivity contribution in [1.82, 2.24) is 0 Å². The first-order valence-electron chi connectivity index (χ1n) is 7.24. The maximum Gasteiger partial charge on any atom is 0.176 e. The molecule has 3 heteroatoms. The largest absolute Gasteiger partial charge is 0.494 e. The number of carbonyl (C=O) groups excluding carboxylic acids is 1. The Morgan fingerprint density at radius 1 is 1.05 bits per heavy atom. The van der Waals surface area contributed by atoms with Crippen LogP contribution in [0.5, 0.6) is 5.75 Å². The lowest BCUT2D eigenvalue weighted by molar-refractivity contribution is 0.100. The Hall–Kier alpha value is -1.35. The smallest absolute Gasteiger partial charge is 0.176 e. The molecule has 0 aliphatic rings. The monoisotopic (exact) mass is 263 g/mol. The van der Waals surface area contributed by atoms with E-state index in [1.165, 1.54) is 32.1 Å². The molecule has 0 atom stereocenters. The van der Waals surface area contributed by atoms with Crippen LogP contribution in [0.4, 0.5) is 0 Å². The second kappa shape index (κ2) is 9.56. The van der Waals surface area contributed by atoms with Crippen molar-refractivity contribution in [3.8, 4) is 5.75 Å². The van der Waals surface area contributed by atoms with E-state index in [0.29, 0.717) is 5.56 Å². The van der Waals surface area contributed by atoms with Crippen LogP contribution < -0.4 is 10.5 Å². The number of hydrogen-bond donors (Lipinski definition) is 1. The fraction of sp³-hybridized carbons (Fsp3) is 0.562. The molecule has 1 aromatic rings. The van der Waals surface area contributed by atoms with Crippen molar-refractivity contribution in [2.75, 3.05) is 13.2 Å². The van der Waals surface area contributed by atoms with Crippen LogP contribution in [0.15, 0.2) is 24.3 Å². The van der Waals surface area contributed by atoms with Gasteiger partial charge in [-0.2, -0.15) is 0 Å². The summed E-state index contributed by atoms with van der Waals surface area (Å²) < 4.78 is 5.64. The summed E-state index contributed by atoms with van der Waals surface area (Å²) in [5, 5.41) is 0. The van der Waals surface area contributed by atoms with Crippen LogP contribution in [0.25, 0.3) is 0 Å². The summed E-state index contributed by atoms with van der Waals surface area (Å²) >= 11 is 0. The van der Waals surface area contributed by atoms with Crippen LogP contribution in [0.3, 0.4) is 0 Å². The zero-order valence-electron chi connectivity index (χ0n) is 11.9. The first-order valence-corrected chi connectivity index (χ1v) is 7.24. The fourth-order valence-corrected chi connectivity index (χ4v) is 1.93. The molecule has 0 heterocycles. The third-order valence-corrected chi connectivity index (χ3v) is 3.13. The van der Waals surface area contributed by atoms with Crippen LogP contribution >= 0.6 is 0 Å². The van der Waals surface area contributed by atoms with Gasteiger partial charge in [-0.05, 0) is 30.7 Å². The van der Waals surface area contributed by atoms with Crippen molar-refractivity contribution in [2.24, 2.45) is 5.73 Å². The highest BCUT2D eigenvalue weighted by Crippen LogP contribution is 2.13. The lowest BCUT2D eigenvalue weighted by Gasteiger charge is -2.06. The maximum atomic E-state index is 11.3. The highest BCUT2D eigenvalue weighted by molar-refractivity contribution is 5.97. The Balaban J connectivity index is 2.18. The molecule has 0 fully saturated rings. The van der Waals surface area contributed by atoms with Crippen LogP contribution in [0, 0.1) is 0 Å². The highest BCUT2D eigenvalue weighted by atomic mass is 16.5. The van der Waals surface area contributed by atoms with Crippen molar-refractivity contribution >= 4 is 5.78 Å². The Labute approximate surface area is 116 Å². The molecule has 0 aliphatic heterocycles. The van der Waals surface area contributed by atoms with E-state index in [2.05, 4.69) is 6.92 Å². The van der Waals surface area contributed by atoms with Crippen molar-refractivity contribution in [3.05, 3.63) is 29.8 Å². The molecular weight excluding hydrogens is 238 g/mol. The molecule has 0 amide bonds. The fourth-order valence-electron chi connectivity index (χ4n) is 1.93. The second-order valence-electron chi connectivity index (χ2n) is 4.77. The number of hydrogen-bond acceptors (Lipinski definition) is 3. The summed E-state index contributed by atoms with van der Waals surface area (Å²) in [7, 11) is 0. The lowest BCUT2D eigenvalue weighted by Crippen LogP contribution is -2.13. The molecule has 2 N–H and O–H groups in total. The van der Waals surface area contributed by atoms with Gasteiger partial charge in [0.05, 0.1) is 13.2 Å². The third kappa shape index (κ3) is 6.39. The number of unbranched alkanes of at least 4 members (excludes halogenated alkanes) is 5. The molecule has 0 radical (unpaired) electrons. The van der Waals surface area contributed by atoms with E-state index in [1.807, 2.05) is 12.1 Å². The summed E-state index contributed by atoms with van der Waals surface area (Å²) in [5.41, 5.74) is 5.96. The van der Waals surface area contributed by atoms with Crippen LogP contribution in [0.1, 0.15) is 55.8 Å². The molecule has 0 saturated carbocycles. The summed E-state index contributed by atoms with van der Waals surface area (Å²) in [4.78, 5) is 11.3. The molecule has 3 nitrogen and oxygen atoms in total. The van der Waals surface area contributed by atoms with E-state index >= 15 is 0 Å². The minimum absolute atomic E-state index is 0.0394. The predicted molar refractivity (Wildman–Crippen MR) is 78.7 cm³/mol. The Morgan fingerprint density at radius 3 is 2.32 bits per heavy atom. The van der Waals surface area contributed by atoms with Crippen LogP contribution in [0.2, 0.25) is 0 Å². The normalized spacial score (nSPS) is 10.4. The van der Waals surface area contributed by atoms with Gasteiger partial charge < -0.3 is 10.5 Å². The van der Waals surface area contributed by atoms with Gasteiger partial charge in [0.25, 0.3) is 0 Å². The van der Waals surface area contributed by atoms with Crippen molar-refractivity contribution < 1.29 is 9.53 Å². The Morgan fingerprint density at radius 2 is 1.68 bits per heavy atom. The zero-order chi connectivity index (χ0) is 13.9. The van der Waals surface area contributed by atoms with Gasteiger partial charge in [0.2, 0.25) is 0 Å². The van der Waals surface area contributed by atoms with Gasteiger partial charge in [0.1, 0.15) is 5.75 Å². The van der Waals surface area contributed by atoms with Gasteiger partial charge in [-0.3, -0.25) is 4.79 Å². The lowest BCUT2D eigenvalue weighted by atomic mass is 10.1. The zero-order valence-corrected chi connectivity index (χ0v) is 11.9. The molecule has 0 bridgehead atoms. The number of nitrogens with two attached hydrogens (primary N) is 1. The molecular formula is C16H25NO2. The van der Waals surface area contributed by atoms with Gasteiger partial charge in [0.15, 0.2) is 5.78 Å². The van der Waals surface area contributed by atoms with Crippen molar-refractivity contribution in [3.63, 3.8) is 0 Å². The molecule has 0 unspecified atom stereocenters. The SMILES string of the molecule is CCCCCCCCOc1ccc(C(=O)CN)cc1. The van der Waals surface area contributed by atoms with Gasteiger partial charge in [0, 0.05) is 5.56 Å². The van der Waals surface area contributed by atoms with E-state index in [9.17, 15) is 4.79 Å². The van der Waals surface area contributed by atoms with E-state index in [4.69, 9.17) is 10.5 Å². The summed E-state index contributed by atoms with van der Waals surface area (Å²) in [6.45, 7) is 3.02. The van der Waals surface area contributed by atoms with Crippen LogP contribution in [-0.4, -0.2) is 18.9 Å². The van der Waals surface area contributed by atoms with Crippen molar-refractivity contribution in [2.45, 2.75) is 45.4 Å². The summed E-state index contributed by atoms with van der Waals surface area (Å²) in [6.07, 6.45) is 7.55. The van der Waals surface area contributed by atoms with Gasteiger partial charge in [-0.1, -0.05) is 39.0 Å². The van der Waals surface area contributed by atoms with E-state index < -0.39 is 0 Å². The van der Waals surface area contributed by atoms with Gasteiger partial charge >= 0.3 is 0 Å². The van der Waals surface area contributed by atoms with Crippen molar-refractivity contribution in [1.29, 1.82) is 0 Å². The molecule has 0 aromatic heterocycles. The number of carbonyl (C=O) groups is 1. The number of ether oxygens (including phenoxy) is 1. The minimum atomic E-state index is -0.0394. The molecule has 0 saturated heterocycles. The quantitative estimate of drug-likeness (QED) is 0.518. The molecule has 106 valence electrons. The number of Topliss-reactive ketones (excluding diaryl/α,β-unsaturated/α-hetero) is 1.